The summed E-state index contributed by atoms with van der Waals surface area (Å²) >= 11 is 17.8. The van der Waals surface area contributed by atoms with E-state index < -0.39 is 0 Å². The van der Waals surface area contributed by atoms with Crippen LogP contribution in [0.1, 0.15) is 0 Å². The lowest BCUT2D eigenvalue weighted by atomic mass is 10.3. The molecule has 3 N–H and O–H groups in total. The Morgan fingerprint density at radius 2 is 1.81 bits per heavy atom. The molecule has 0 aromatic heterocycles. The summed E-state index contributed by atoms with van der Waals surface area (Å²) in [4.78, 5) is 4.15. The van der Waals surface area contributed by atoms with Crippen molar-refractivity contribution in [1.82, 2.24) is 10.7 Å². The Labute approximate surface area is 108 Å². The molecule has 0 atom stereocenters. The third-order valence-electron chi connectivity index (χ3n) is 1.99. The smallest absolute Gasteiger partial charge is 0.210 e. The number of guanidine groups is 1. The van der Waals surface area contributed by atoms with E-state index in [0.717, 1.165) is 13.1 Å². The highest BCUT2D eigenvalue weighted by atomic mass is 35.5. The second kappa shape index (κ2) is 4.99. The number of benzene rings is 1. The Bertz CT molecular complexity index is 410. The number of hydrazine groups is 1. The Balaban J connectivity index is 2.09. The lowest BCUT2D eigenvalue weighted by Gasteiger charge is -2.12. The molecule has 1 aromatic rings. The third kappa shape index (κ3) is 2.64. The molecular formula is C9H9Cl3N4. The molecule has 4 nitrogen and oxygen atoms in total. The first-order chi connectivity index (χ1) is 7.66. The Morgan fingerprint density at radius 3 is 2.38 bits per heavy atom. The summed E-state index contributed by atoms with van der Waals surface area (Å²) in [7, 11) is 0. The van der Waals surface area contributed by atoms with Crippen LogP contribution in [0.5, 0.6) is 0 Å². The van der Waals surface area contributed by atoms with E-state index in [1.165, 1.54) is 0 Å². The van der Waals surface area contributed by atoms with E-state index >= 15 is 0 Å². The molecule has 86 valence electrons. The van der Waals surface area contributed by atoms with Gasteiger partial charge in [-0.05, 0) is 12.1 Å². The quantitative estimate of drug-likeness (QED) is 0.729. The van der Waals surface area contributed by atoms with Gasteiger partial charge in [0.2, 0.25) is 5.96 Å². The van der Waals surface area contributed by atoms with Gasteiger partial charge in [0.25, 0.3) is 0 Å². The maximum atomic E-state index is 5.99. The van der Waals surface area contributed by atoms with Crippen molar-refractivity contribution >= 4 is 46.4 Å². The molecule has 0 bridgehead atoms. The van der Waals surface area contributed by atoms with Gasteiger partial charge < -0.3 is 5.32 Å². The number of hydrogen-bond acceptors (Lipinski definition) is 4. The fourth-order valence-corrected chi connectivity index (χ4v) is 2.18. The molecule has 1 aliphatic heterocycles. The lowest BCUT2D eigenvalue weighted by molar-refractivity contribution is 0.937. The highest BCUT2D eigenvalue weighted by Gasteiger charge is 2.09. The van der Waals surface area contributed by atoms with Crippen LogP contribution in [0.4, 0.5) is 5.69 Å². The van der Waals surface area contributed by atoms with Gasteiger partial charge in [-0.15, -0.1) is 0 Å². The molecule has 0 spiro atoms. The Hall–Kier alpha value is -0.840. The predicted molar refractivity (Wildman–Crippen MR) is 68.5 cm³/mol. The molecule has 0 aliphatic carbocycles. The SMILES string of the molecule is Clc1cc(Cl)c(NNC2=NCCN2)c(Cl)c1. The monoisotopic (exact) mass is 278 g/mol. The van der Waals surface area contributed by atoms with Crippen LogP contribution in [-0.2, 0) is 0 Å². The van der Waals surface area contributed by atoms with Gasteiger partial charge in [0.05, 0.1) is 22.3 Å². The number of nitrogens with one attached hydrogen (secondary N) is 3. The van der Waals surface area contributed by atoms with Gasteiger partial charge >= 0.3 is 0 Å². The summed E-state index contributed by atoms with van der Waals surface area (Å²) in [5.41, 5.74) is 6.33. The van der Waals surface area contributed by atoms with E-state index in [4.69, 9.17) is 34.8 Å². The van der Waals surface area contributed by atoms with E-state index in [0.29, 0.717) is 26.7 Å². The van der Waals surface area contributed by atoms with Crippen molar-refractivity contribution in [2.45, 2.75) is 0 Å². The topological polar surface area (TPSA) is 48.5 Å². The molecule has 1 aliphatic rings. The van der Waals surface area contributed by atoms with Crippen LogP contribution in [0.15, 0.2) is 17.1 Å². The maximum absolute atomic E-state index is 5.99. The van der Waals surface area contributed by atoms with E-state index in [1.54, 1.807) is 12.1 Å². The zero-order valence-electron chi connectivity index (χ0n) is 8.15. The minimum atomic E-state index is 0.448. The summed E-state index contributed by atoms with van der Waals surface area (Å²) < 4.78 is 0. The van der Waals surface area contributed by atoms with Gasteiger partial charge in [0, 0.05) is 11.6 Å². The largest absolute Gasteiger partial charge is 0.353 e. The summed E-state index contributed by atoms with van der Waals surface area (Å²) in [5, 5.41) is 4.43. The average Bonchev–Trinajstić information content (AvgIpc) is 2.68. The van der Waals surface area contributed by atoms with E-state index in [2.05, 4.69) is 21.2 Å². The summed E-state index contributed by atoms with van der Waals surface area (Å²) in [6.07, 6.45) is 0. The van der Waals surface area contributed by atoms with Gasteiger partial charge in [-0.2, -0.15) is 0 Å². The first kappa shape index (κ1) is 11.6. The Kier molecular flexibility index (Phi) is 3.63. The van der Waals surface area contributed by atoms with Crippen molar-refractivity contribution in [2.24, 2.45) is 4.99 Å². The van der Waals surface area contributed by atoms with Crippen LogP contribution >= 0.6 is 34.8 Å². The second-order valence-corrected chi connectivity index (χ2v) is 4.40. The highest BCUT2D eigenvalue weighted by molar-refractivity contribution is 6.41. The normalized spacial score (nSPS) is 14.3. The molecule has 0 saturated carbocycles. The molecule has 2 rings (SSSR count). The predicted octanol–water partition coefficient (Wildman–Crippen LogP) is 2.52. The van der Waals surface area contributed by atoms with Crippen LogP contribution in [0.25, 0.3) is 0 Å². The first-order valence-electron chi connectivity index (χ1n) is 4.62. The van der Waals surface area contributed by atoms with Crippen LogP contribution < -0.4 is 16.2 Å². The van der Waals surface area contributed by atoms with E-state index in [9.17, 15) is 0 Å². The summed E-state index contributed by atoms with van der Waals surface area (Å²) in [6.45, 7) is 1.58. The van der Waals surface area contributed by atoms with E-state index in [-0.39, 0.29) is 0 Å². The van der Waals surface area contributed by atoms with Crippen molar-refractivity contribution in [3.63, 3.8) is 0 Å². The van der Waals surface area contributed by atoms with Crippen molar-refractivity contribution in [1.29, 1.82) is 0 Å². The Morgan fingerprint density at radius 1 is 1.12 bits per heavy atom. The summed E-state index contributed by atoms with van der Waals surface area (Å²) in [5.74, 6) is 0.669. The molecule has 0 unspecified atom stereocenters. The molecule has 16 heavy (non-hydrogen) atoms. The average molecular weight is 280 g/mol. The van der Waals surface area contributed by atoms with Crippen LogP contribution in [0.2, 0.25) is 15.1 Å². The van der Waals surface area contributed by atoms with Gasteiger partial charge in [-0.25, -0.2) is 0 Å². The standard InChI is InChI=1S/C9H9Cl3N4/c10-5-3-6(11)8(7(12)4-5)15-16-9-13-1-2-14-9/h3-4,15H,1-2H2,(H2,13,14,16). The van der Waals surface area contributed by atoms with Crippen LogP contribution in [-0.4, -0.2) is 19.0 Å². The molecule has 0 amide bonds. The van der Waals surface area contributed by atoms with Gasteiger partial charge in [-0.1, -0.05) is 34.8 Å². The van der Waals surface area contributed by atoms with Crippen molar-refractivity contribution in [3.8, 4) is 0 Å². The van der Waals surface area contributed by atoms with Crippen LogP contribution in [0.3, 0.4) is 0 Å². The third-order valence-corrected chi connectivity index (χ3v) is 2.80. The molecule has 0 radical (unpaired) electrons. The second-order valence-electron chi connectivity index (χ2n) is 3.15. The van der Waals surface area contributed by atoms with Crippen molar-refractivity contribution in [3.05, 3.63) is 27.2 Å². The number of nitrogens with zero attached hydrogens (tertiary/aromatic N) is 1. The number of aliphatic imine (C=N–C) groups is 1. The highest BCUT2D eigenvalue weighted by Crippen LogP contribution is 2.32. The zero-order valence-corrected chi connectivity index (χ0v) is 10.4. The maximum Gasteiger partial charge on any atom is 0.210 e. The van der Waals surface area contributed by atoms with Crippen LogP contribution in [0, 0.1) is 0 Å². The summed E-state index contributed by atoms with van der Waals surface area (Å²) in [6, 6.07) is 3.23. The fraction of sp³-hybridized carbons (Fsp3) is 0.222. The molecular weight excluding hydrogens is 270 g/mol. The van der Waals surface area contributed by atoms with Gasteiger partial charge in [0.1, 0.15) is 0 Å². The fourth-order valence-electron chi connectivity index (χ4n) is 1.26. The molecule has 7 heteroatoms. The molecule has 1 heterocycles. The number of halogens is 3. The minimum Gasteiger partial charge on any atom is -0.353 e. The number of hydrogen-bond donors (Lipinski definition) is 3. The lowest BCUT2D eigenvalue weighted by Crippen LogP contribution is -2.37. The van der Waals surface area contributed by atoms with E-state index in [1.807, 2.05) is 0 Å². The molecule has 1 aromatic carbocycles. The molecule has 0 saturated heterocycles. The molecule has 0 fully saturated rings. The first-order valence-corrected chi connectivity index (χ1v) is 5.75. The zero-order chi connectivity index (χ0) is 11.5. The van der Waals surface area contributed by atoms with Crippen molar-refractivity contribution < 1.29 is 0 Å². The van der Waals surface area contributed by atoms with Gasteiger partial charge in [-0.3, -0.25) is 15.8 Å². The minimum absolute atomic E-state index is 0.448. The number of rotatable bonds is 2. The van der Waals surface area contributed by atoms with Gasteiger partial charge in [0.15, 0.2) is 0 Å². The number of anilines is 1. The van der Waals surface area contributed by atoms with Crippen molar-refractivity contribution in [2.75, 3.05) is 18.5 Å².